The number of ketones is 1. The Morgan fingerprint density at radius 3 is 1.18 bits per heavy atom. The summed E-state index contributed by atoms with van der Waals surface area (Å²) in [5.74, 6) is 0.167. The fourth-order valence-electron chi connectivity index (χ4n) is 0. The molecule has 68 valence electrons. The van der Waals surface area contributed by atoms with Crippen molar-refractivity contribution in [1.82, 2.24) is 0 Å². The smallest absolute Gasteiger partial charge is 0.450 e. The number of Topliss-reactive ketones (excluding diaryl/α,β-unsaturated/α-hetero) is 1. The van der Waals surface area contributed by atoms with Gasteiger partial charge in [0.15, 0.2) is 0 Å². The Morgan fingerprint density at radius 1 is 1.18 bits per heavy atom. The Balaban J connectivity index is -0.0000000886. The third-order valence-electron chi connectivity index (χ3n) is 0. The molecule has 0 unspecified atom stereocenters. The number of hydrogen-bond acceptors (Lipinski definition) is 3. The van der Waals surface area contributed by atoms with E-state index in [-0.39, 0.29) is 12.4 Å². The van der Waals surface area contributed by atoms with Crippen LogP contribution in [-0.4, -0.2) is 33.9 Å². The molecule has 0 aromatic carbocycles. The largest absolute Gasteiger partial charge is 0.503 e. The lowest BCUT2D eigenvalue weighted by molar-refractivity contribution is -0.115. The van der Waals surface area contributed by atoms with E-state index in [1.165, 1.54) is 13.8 Å². The van der Waals surface area contributed by atoms with Crippen LogP contribution in [0.1, 0.15) is 20.8 Å². The van der Waals surface area contributed by atoms with E-state index in [0.29, 0.717) is 0 Å². The van der Waals surface area contributed by atoms with E-state index in [0.717, 1.165) is 0 Å². The molecule has 0 amide bonds. The first-order chi connectivity index (χ1) is 4.88. The maximum atomic E-state index is 9.44. The standard InChI is InChI=1S/C3H6O.C2H6O.CH2O3/c1-3(2)4;1-2-3;2-1(3)4/h1-2H3;3H,2H2,1H3;(H2,2,3,4). The van der Waals surface area contributed by atoms with Crippen molar-refractivity contribution < 1.29 is 24.9 Å². The summed E-state index contributed by atoms with van der Waals surface area (Å²) in [5, 5.41) is 21.5. The van der Waals surface area contributed by atoms with Crippen LogP contribution in [0.3, 0.4) is 0 Å². The zero-order chi connectivity index (χ0) is 9.86. The molecule has 0 heterocycles. The molecule has 0 atom stereocenters. The first kappa shape index (κ1) is 16.5. The Bertz CT molecular complexity index is 79.1. The van der Waals surface area contributed by atoms with Gasteiger partial charge in [-0.2, -0.15) is 0 Å². The minimum Gasteiger partial charge on any atom is -0.450 e. The highest BCUT2D eigenvalue weighted by molar-refractivity contribution is 5.72. The van der Waals surface area contributed by atoms with Crippen LogP contribution < -0.4 is 0 Å². The topological polar surface area (TPSA) is 94.8 Å². The van der Waals surface area contributed by atoms with E-state index in [1.807, 2.05) is 0 Å². The van der Waals surface area contributed by atoms with Crippen molar-refractivity contribution in [3.63, 3.8) is 0 Å². The van der Waals surface area contributed by atoms with Gasteiger partial charge in [-0.15, -0.1) is 0 Å². The van der Waals surface area contributed by atoms with Crippen LogP contribution in [0.15, 0.2) is 0 Å². The van der Waals surface area contributed by atoms with Crippen molar-refractivity contribution in [2.75, 3.05) is 6.61 Å². The molecular weight excluding hydrogens is 152 g/mol. The van der Waals surface area contributed by atoms with Crippen molar-refractivity contribution >= 4 is 11.9 Å². The van der Waals surface area contributed by atoms with Gasteiger partial charge in [-0.3, -0.25) is 0 Å². The highest BCUT2D eigenvalue weighted by Crippen LogP contribution is 1.50. The average Bonchev–Trinajstić information content (AvgIpc) is 1.60. The number of carboxylic acid groups (broad SMARTS) is 2. The summed E-state index contributed by atoms with van der Waals surface area (Å²) in [5.41, 5.74) is 0. The van der Waals surface area contributed by atoms with Crippen molar-refractivity contribution in [2.24, 2.45) is 0 Å². The van der Waals surface area contributed by atoms with Crippen LogP contribution in [0.2, 0.25) is 0 Å². The van der Waals surface area contributed by atoms with Crippen LogP contribution in [0.25, 0.3) is 0 Å². The van der Waals surface area contributed by atoms with Gasteiger partial charge in [0.2, 0.25) is 0 Å². The molecule has 0 aromatic rings. The van der Waals surface area contributed by atoms with Gasteiger partial charge < -0.3 is 20.1 Å². The Morgan fingerprint density at radius 2 is 1.18 bits per heavy atom. The molecule has 5 nitrogen and oxygen atoms in total. The molecule has 0 saturated heterocycles. The summed E-state index contributed by atoms with van der Waals surface area (Å²) in [6.45, 7) is 4.99. The predicted octanol–water partition coefficient (Wildman–Crippen LogP) is 0.816. The molecule has 3 N–H and O–H groups in total. The van der Waals surface area contributed by atoms with Crippen molar-refractivity contribution in [3.05, 3.63) is 0 Å². The summed E-state index contributed by atoms with van der Waals surface area (Å²) in [6, 6.07) is 0. The average molecular weight is 166 g/mol. The van der Waals surface area contributed by atoms with E-state index in [9.17, 15) is 4.79 Å². The van der Waals surface area contributed by atoms with Crippen molar-refractivity contribution in [1.29, 1.82) is 0 Å². The zero-order valence-corrected chi connectivity index (χ0v) is 6.87. The molecule has 5 heteroatoms. The summed E-state index contributed by atoms with van der Waals surface area (Å²) >= 11 is 0. The normalized spacial score (nSPS) is 6.18. The van der Waals surface area contributed by atoms with Crippen LogP contribution in [-0.2, 0) is 4.79 Å². The highest BCUT2D eigenvalue weighted by atomic mass is 16.6. The first-order valence-electron chi connectivity index (χ1n) is 2.88. The molecule has 11 heavy (non-hydrogen) atoms. The molecular formula is C6H14O5. The quantitative estimate of drug-likeness (QED) is 0.495. The SMILES string of the molecule is CC(C)=O.CCO.O=C(O)O. The summed E-state index contributed by atoms with van der Waals surface area (Å²) < 4.78 is 0. The highest BCUT2D eigenvalue weighted by Gasteiger charge is 1.70. The van der Waals surface area contributed by atoms with E-state index in [2.05, 4.69) is 0 Å². The van der Waals surface area contributed by atoms with E-state index < -0.39 is 6.16 Å². The third kappa shape index (κ3) is 350. The molecule has 0 bridgehead atoms. The number of carbonyl (C=O) groups is 2. The molecule has 0 aliphatic carbocycles. The van der Waals surface area contributed by atoms with Gasteiger partial charge in [-0.1, -0.05) is 0 Å². The van der Waals surface area contributed by atoms with Gasteiger partial charge in [0.05, 0.1) is 0 Å². The van der Waals surface area contributed by atoms with Gasteiger partial charge in [0.25, 0.3) is 0 Å². The number of aliphatic hydroxyl groups is 1. The van der Waals surface area contributed by atoms with E-state index >= 15 is 0 Å². The van der Waals surface area contributed by atoms with Crippen LogP contribution >= 0.6 is 0 Å². The Kier molecular flexibility index (Phi) is 23.9. The maximum absolute atomic E-state index is 9.44. The third-order valence-corrected chi connectivity index (χ3v) is 0. The molecule has 0 fully saturated rings. The van der Waals surface area contributed by atoms with E-state index in [4.69, 9.17) is 20.1 Å². The van der Waals surface area contributed by atoms with Crippen molar-refractivity contribution in [3.8, 4) is 0 Å². The van der Waals surface area contributed by atoms with Crippen LogP contribution in [0.4, 0.5) is 4.79 Å². The molecule has 0 rings (SSSR count). The number of carbonyl (C=O) groups excluding carboxylic acids is 1. The summed E-state index contributed by atoms with van der Waals surface area (Å²) in [6.07, 6.45) is -1.83. The van der Waals surface area contributed by atoms with Gasteiger partial charge in [-0.05, 0) is 20.8 Å². The van der Waals surface area contributed by atoms with Crippen LogP contribution in [0.5, 0.6) is 0 Å². The fourth-order valence-corrected chi connectivity index (χ4v) is 0. The minimum absolute atomic E-state index is 0.167. The Labute approximate surface area is 65.3 Å². The molecule has 0 saturated carbocycles. The lowest BCUT2D eigenvalue weighted by Crippen LogP contribution is -1.81. The van der Waals surface area contributed by atoms with Gasteiger partial charge >= 0.3 is 6.16 Å². The number of rotatable bonds is 0. The lowest BCUT2D eigenvalue weighted by atomic mass is 10.6. The number of hydrogen-bond donors (Lipinski definition) is 3. The second-order valence-electron chi connectivity index (χ2n) is 1.51. The van der Waals surface area contributed by atoms with E-state index in [1.54, 1.807) is 6.92 Å². The Hall–Kier alpha value is -1.10. The minimum atomic E-state index is -1.83. The van der Waals surface area contributed by atoms with Gasteiger partial charge in [0.1, 0.15) is 5.78 Å². The maximum Gasteiger partial charge on any atom is 0.503 e. The first-order valence-corrected chi connectivity index (χ1v) is 2.88. The predicted molar refractivity (Wildman–Crippen MR) is 39.8 cm³/mol. The van der Waals surface area contributed by atoms with Crippen molar-refractivity contribution in [2.45, 2.75) is 20.8 Å². The fraction of sp³-hybridized carbons (Fsp3) is 0.667. The summed E-state index contributed by atoms with van der Waals surface area (Å²) in [4.78, 5) is 18.0. The second-order valence-corrected chi connectivity index (χ2v) is 1.51. The summed E-state index contributed by atoms with van der Waals surface area (Å²) in [7, 11) is 0. The monoisotopic (exact) mass is 166 g/mol. The molecule has 0 aliphatic rings. The van der Waals surface area contributed by atoms with Gasteiger partial charge in [-0.25, -0.2) is 4.79 Å². The molecule has 0 spiro atoms. The number of aliphatic hydroxyl groups excluding tert-OH is 1. The second kappa shape index (κ2) is 16.0. The molecule has 0 aromatic heterocycles. The molecule has 0 aliphatic heterocycles. The molecule has 0 radical (unpaired) electrons. The lowest BCUT2D eigenvalue weighted by Gasteiger charge is -1.60. The van der Waals surface area contributed by atoms with Gasteiger partial charge in [0, 0.05) is 6.61 Å². The van der Waals surface area contributed by atoms with Crippen LogP contribution in [0, 0.1) is 0 Å². The zero-order valence-electron chi connectivity index (χ0n) is 6.87.